The Balaban J connectivity index is 1.65. The quantitative estimate of drug-likeness (QED) is 0.852. The van der Waals surface area contributed by atoms with Crippen molar-refractivity contribution in [3.63, 3.8) is 0 Å². The number of aliphatic carboxylic acids is 1. The van der Waals surface area contributed by atoms with Crippen LogP contribution in [0.1, 0.15) is 43.5 Å². The molecular weight excluding hydrogens is 300 g/mol. The van der Waals surface area contributed by atoms with Gasteiger partial charge in [0.05, 0.1) is 15.2 Å². The average Bonchev–Trinajstić information content (AvgIpc) is 3.17. The summed E-state index contributed by atoms with van der Waals surface area (Å²) in [6, 6.07) is 5.71. The lowest BCUT2D eigenvalue weighted by Gasteiger charge is -2.09. The monoisotopic (exact) mass is 318 g/mol. The molecular formula is C16H18N2O3S. The van der Waals surface area contributed by atoms with Gasteiger partial charge in [-0.25, -0.2) is 4.98 Å². The SMILES string of the molecule is CC(CC(=O)O)CC(=O)Nc1ccc2nc(C3CC3)sc2c1. The number of carboxylic acids is 1. The number of carbonyl (C=O) groups is 2. The van der Waals surface area contributed by atoms with Gasteiger partial charge in [0.25, 0.3) is 0 Å². The Kier molecular flexibility index (Phi) is 4.11. The number of nitrogens with zero attached hydrogens (tertiary/aromatic N) is 1. The van der Waals surface area contributed by atoms with Crippen LogP contribution in [0.5, 0.6) is 0 Å². The fraction of sp³-hybridized carbons (Fsp3) is 0.438. The zero-order chi connectivity index (χ0) is 15.7. The molecule has 0 saturated heterocycles. The smallest absolute Gasteiger partial charge is 0.303 e. The lowest BCUT2D eigenvalue weighted by Crippen LogP contribution is -2.16. The largest absolute Gasteiger partial charge is 0.481 e. The van der Waals surface area contributed by atoms with Gasteiger partial charge in [0.2, 0.25) is 5.91 Å². The van der Waals surface area contributed by atoms with Gasteiger partial charge in [-0.05, 0) is 37.0 Å². The van der Waals surface area contributed by atoms with E-state index < -0.39 is 5.97 Å². The lowest BCUT2D eigenvalue weighted by atomic mass is 10.0. The molecule has 0 spiro atoms. The molecule has 22 heavy (non-hydrogen) atoms. The van der Waals surface area contributed by atoms with Gasteiger partial charge in [-0.2, -0.15) is 0 Å². The summed E-state index contributed by atoms with van der Waals surface area (Å²) in [5, 5.41) is 12.7. The predicted molar refractivity (Wildman–Crippen MR) is 86.3 cm³/mol. The maximum absolute atomic E-state index is 11.9. The number of amides is 1. The third-order valence-electron chi connectivity index (χ3n) is 3.67. The summed E-state index contributed by atoms with van der Waals surface area (Å²) in [5.74, 6) is -0.572. The second-order valence-electron chi connectivity index (χ2n) is 5.96. The van der Waals surface area contributed by atoms with Gasteiger partial charge in [0.1, 0.15) is 0 Å². The zero-order valence-electron chi connectivity index (χ0n) is 12.3. The van der Waals surface area contributed by atoms with E-state index in [0.29, 0.717) is 5.92 Å². The number of benzene rings is 1. The molecule has 6 heteroatoms. The molecule has 1 saturated carbocycles. The summed E-state index contributed by atoms with van der Waals surface area (Å²) >= 11 is 1.69. The summed E-state index contributed by atoms with van der Waals surface area (Å²) in [6.45, 7) is 1.77. The fourth-order valence-corrected chi connectivity index (χ4v) is 3.60. The molecule has 1 heterocycles. The van der Waals surface area contributed by atoms with Crippen molar-refractivity contribution in [2.45, 2.75) is 38.5 Å². The predicted octanol–water partition coefficient (Wildman–Crippen LogP) is 3.61. The van der Waals surface area contributed by atoms with Crippen LogP contribution in [0.3, 0.4) is 0 Å². The normalized spacial score (nSPS) is 15.7. The van der Waals surface area contributed by atoms with E-state index in [2.05, 4.69) is 10.3 Å². The standard InChI is InChI=1S/C16H18N2O3S/c1-9(7-15(20)21)6-14(19)17-11-4-5-12-13(8-11)22-16(18-12)10-2-3-10/h4-5,8-10H,2-3,6-7H2,1H3,(H,17,19)(H,20,21). The Labute approximate surface area is 132 Å². The van der Waals surface area contributed by atoms with Crippen LogP contribution in [0.2, 0.25) is 0 Å². The minimum atomic E-state index is -0.876. The first kappa shape index (κ1) is 15.0. The number of fused-ring (bicyclic) bond motifs is 1. The highest BCUT2D eigenvalue weighted by Crippen LogP contribution is 2.43. The summed E-state index contributed by atoms with van der Waals surface area (Å²) in [7, 11) is 0. The maximum Gasteiger partial charge on any atom is 0.303 e. The highest BCUT2D eigenvalue weighted by Gasteiger charge is 2.27. The van der Waals surface area contributed by atoms with Crippen LogP contribution in [-0.2, 0) is 9.59 Å². The van der Waals surface area contributed by atoms with Crippen molar-refractivity contribution in [1.82, 2.24) is 4.98 Å². The number of nitrogens with one attached hydrogen (secondary N) is 1. The second-order valence-corrected chi connectivity index (χ2v) is 7.03. The van der Waals surface area contributed by atoms with E-state index in [1.165, 1.54) is 17.8 Å². The third-order valence-corrected chi connectivity index (χ3v) is 4.85. The number of aromatic nitrogens is 1. The Morgan fingerprint density at radius 2 is 2.18 bits per heavy atom. The van der Waals surface area contributed by atoms with Gasteiger partial charge in [-0.3, -0.25) is 9.59 Å². The van der Waals surface area contributed by atoms with E-state index in [-0.39, 0.29) is 24.7 Å². The van der Waals surface area contributed by atoms with E-state index in [0.717, 1.165) is 15.9 Å². The van der Waals surface area contributed by atoms with Crippen molar-refractivity contribution in [2.75, 3.05) is 5.32 Å². The fourth-order valence-electron chi connectivity index (χ4n) is 2.42. The lowest BCUT2D eigenvalue weighted by molar-refractivity contribution is -0.138. The van der Waals surface area contributed by atoms with E-state index >= 15 is 0 Å². The number of rotatable bonds is 6. The molecule has 1 aromatic heterocycles. The van der Waals surface area contributed by atoms with Gasteiger partial charge in [-0.15, -0.1) is 11.3 Å². The molecule has 0 radical (unpaired) electrons. The van der Waals surface area contributed by atoms with Crippen LogP contribution in [0, 0.1) is 5.92 Å². The Morgan fingerprint density at radius 3 is 2.86 bits per heavy atom. The van der Waals surface area contributed by atoms with Crippen molar-refractivity contribution in [1.29, 1.82) is 0 Å². The molecule has 116 valence electrons. The average molecular weight is 318 g/mol. The number of anilines is 1. The van der Waals surface area contributed by atoms with Gasteiger partial charge in [0, 0.05) is 24.4 Å². The highest BCUT2D eigenvalue weighted by molar-refractivity contribution is 7.18. The Bertz CT molecular complexity index is 721. The maximum atomic E-state index is 11.9. The summed E-state index contributed by atoms with van der Waals surface area (Å²) in [4.78, 5) is 27.2. The van der Waals surface area contributed by atoms with Crippen molar-refractivity contribution < 1.29 is 14.7 Å². The summed E-state index contributed by atoms with van der Waals surface area (Å²) < 4.78 is 1.08. The van der Waals surface area contributed by atoms with Crippen molar-refractivity contribution in [2.24, 2.45) is 5.92 Å². The highest BCUT2D eigenvalue weighted by atomic mass is 32.1. The molecule has 1 atom stereocenters. The Hall–Kier alpha value is -1.95. The molecule has 1 aliphatic rings. The molecule has 1 fully saturated rings. The van der Waals surface area contributed by atoms with Crippen LogP contribution in [0.4, 0.5) is 5.69 Å². The molecule has 5 nitrogen and oxygen atoms in total. The molecule has 2 aromatic rings. The van der Waals surface area contributed by atoms with E-state index in [1.54, 1.807) is 18.3 Å². The van der Waals surface area contributed by atoms with Crippen molar-refractivity contribution in [3.8, 4) is 0 Å². The molecule has 1 unspecified atom stereocenters. The van der Waals surface area contributed by atoms with Gasteiger partial charge >= 0.3 is 5.97 Å². The number of hydrogen-bond acceptors (Lipinski definition) is 4. The first-order valence-electron chi connectivity index (χ1n) is 7.43. The zero-order valence-corrected chi connectivity index (χ0v) is 13.2. The van der Waals surface area contributed by atoms with Crippen LogP contribution in [-0.4, -0.2) is 22.0 Å². The van der Waals surface area contributed by atoms with Crippen molar-refractivity contribution >= 4 is 39.1 Å². The number of carbonyl (C=O) groups excluding carboxylic acids is 1. The molecule has 2 N–H and O–H groups in total. The Morgan fingerprint density at radius 1 is 1.41 bits per heavy atom. The number of carboxylic acid groups (broad SMARTS) is 1. The van der Waals surface area contributed by atoms with Crippen LogP contribution >= 0.6 is 11.3 Å². The third kappa shape index (κ3) is 3.62. The second kappa shape index (κ2) is 6.04. The molecule has 3 rings (SSSR count). The van der Waals surface area contributed by atoms with E-state index in [1.807, 2.05) is 18.2 Å². The molecule has 0 aliphatic heterocycles. The van der Waals surface area contributed by atoms with Gasteiger partial charge < -0.3 is 10.4 Å². The topological polar surface area (TPSA) is 79.3 Å². The molecule has 0 bridgehead atoms. The minimum Gasteiger partial charge on any atom is -0.481 e. The first-order chi connectivity index (χ1) is 10.5. The number of hydrogen-bond donors (Lipinski definition) is 2. The van der Waals surface area contributed by atoms with Crippen molar-refractivity contribution in [3.05, 3.63) is 23.2 Å². The van der Waals surface area contributed by atoms with Crippen LogP contribution in [0.15, 0.2) is 18.2 Å². The molecule has 1 aromatic carbocycles. The molecule has 1 aliphatic carbocycles. The van der Waals surface area contributed by atoms with Gasteiger partial charge in [0.15, 0.2) is 0 Å². The summed E-state index contributed by atoms with van der Waals surface area (Å²) in [6.07, 6.45) is 2.67. The van der Waals surface area contributed by atoms with Crippen LogP contribution < -0.4 is 5.32 Å². The van der Waals surface area contributed by atoms with Crippen LogP contribution in [0.25, 0.3) is 10.2 Å². The first-order valence-corrected chi connectivity index (χ1v) is 8.25. The van der Waals surface area contributed by atoms with Gasteiger partial charge in [-0.1, -0.05) is 6.92 Å². The minimum absolute atomic E-state index is 0.00600. The van der Waals surface area contributed by atoms with E-state index in [9.17, 15) is 9.59 Å². The molecule has 1 amide bonds. The summed E-state index contributed by atoms with van der Waals surface area (Å²) in [5.41, 5.74) is 1.72. The van der Waals surface area contributed by atoms with E-state index in [4.69, 9.17) is 5.11 Å². The number of thiazole rings is 1.